The number of carbonyl (C=O) groups excluding carboxylic acids is 1. The number of amides is 1. The molecule has 1 aromatic carbocycles. The fourth-order valence-electron chi connectivity index (χ4n) is 6.38. The van der Waals surface area contributed by atoms with Crippen LogP contribution in [0.2, 0.25) is 0 Å². The predicted molar refractivity (Wildman–Crippen MR) is 114 cm³/mol. The minimum Gasteiger partial charge on any atom is -0.481 e. The van der Waals surface area contributed by atoms with E-state index < -0.39 is 11.9 Å². The summed E-state index contributed by atoms with van der Waals surface area (Å²) in [5.41, 5.74) is 2.49. The lowest BCUT2D eigenvalue weighted by atomic mass is 9.75. The molecule has 158 valence electrons. The van der Waals surface area contributed by atoms with Crippen LogP contribution in [0.5, 0.6) is 0 Å². The Morgan fingerprint density at radius 1 is 0.966 bits per heavy atom. The summed E-state index contributed by atoms with van der Waals surface area (Å²) in [5.74, 6) is -1.13. The smallest absolute Gasteiger partial charge is 0.307 e. The van der Waals surface area contributed by atoms with Gasteiger partial charge in [-0.25, -0.2) is 0 Å². The van der Waals surface area contributed by atoms with Gasteiger partial charge in [-0.15, -0.1) is 0 Å². The highest BCUT2D eigenvalue weighted by Crippen LogP contribution is 2.46. The van der Waals surface area contributed by atoms with Gasteiger partial charge in [0, 0.05) is 12.1 Å². The van der Waals surface area contributed by atoms with Gasteiger partial charge in [0.25, 0.3) is 0 Å². The van der Waals surface area contributed by atoms with Gasteiger partial charge in [0.15, 0.2) is 0 Å². The van der Waals surface area contributed by atoms with E-state index in [1.165, 1.54) is 36.8 Å². The highest BCUT2D eigenvalue weighted by molar-refractivity contribution is 5.85. The first-order valence-electron chi connectivity index (χ1n) is 11.6. The summed E-state index contributed by atoms with van der Waals surface area (Å²) in [6, 6.07) is 8.56. The van der Waals surface area contributed by atoms with E-state index in [-0.39, 0.29) is 17.4 Å². The van der Waals surface area contributed by atoms with E-state index in [0.717, 1.165) is 38.5 Å². The molecule has 0 aromatic heterocycles. The van der Waals surface area contributed by atoms with Crippen molar-refractivity contribution in [3.05, 3.63) is 35.4 Å². The van der Waals surface area contributed by atoms with E-state index in [4.69, 9.17) is 0 Å². The average molecular weight is 398 g/mol. The van der Waals surface area contributed by atoms with Crippen LogP contribution >= 0.6 is 0 Å². The van der Waals surface area contributed by atoms with Crippen LogP contribution in [0.25, 0.3) is 0 Å². The molecule has 3 aliphatic rings. The first-order chi connectivity index (χ1) is 14.0. The van der Waals surface area contributed by atoms with Crippen LogP contribution in [-0.2, 0) is 16.1 Å². The number of rotatable bonds is 2. The Bertz CT molecular complexity index is 750. The van der Waals surface area contributed by atoms with Crippen molar-refractivity contribution in [2.75, 3.05) is 0 Å². The highest BCUT2D eigenvalue weighted by atomic mass is 16.4. The molecule has 1 spiro atoms. The molecule has 0 radical (unpaired) electrons. The maximum absolute atomic E-state index is 14.0. The summed E-state index contributed by atoms with van der Waals surface area (Å²) >= 11 is 0. The van der Waals surface area contributed by atoms with Crippen LogP contribution in [-0.4, -0.2) is 27.4 Å². The molecule has 3 atom stereocenters. The molecule has 2 aliphatic carbocycles. The monoisotopic (exact) mass is 397 g/mol. The third-order valence-corrected chi connectivity index (χ3v) is 7.87. The van der Waals surface area contributed by atoms with Crippen molar-refractivity contribution in [2.24, 2.45) is 11.8 Å². The fourth-order valence-corrected chi connectivity index (χ4v) is 6.38. The van der Waals surface area contributed by atoms with Gasteiger partial charge in [-0.1, -0.05) is 69.7 Å². The molecule has 1 aromatic rings. The topological polar surface area (TPSA) is 57.6 Å². The largest absolute Gasteiger partial charge is 0.481 e. The first kappa shape index (κ1) is 20.4. The van der Waals surface area contributed by atoms with E-state index in [2.05, 4.69) is 36.1 Å². The van der Waals surface area contributed by atoms with Gasteiger partial charge >= 0.3 is 5.97 Å². The van der Waals surface area contributed by atoms with Crippen LogP contribution in [0.4, 0.5) is 0 Å². The van der Waals surface area contributed by atoms with E-state index >= 15 is 0 Å². The summed E-state index contributed by atoms with van der Waals surface area (Å²) in [6.07, 6.45) is 11.2. The SMILES string of the molecule is CC1CC2(CCCCCC2)N(C(=O)C2CCCCC2C(=O)O)Cc2ccccc21. The Balaban J connectivity index is 1.73. The molecule has 0 saturated heterocycles. The third-order valence-electron chi connectivity index (χ3n) is 7.87. The lowest BCUT2D eigenvalue weighted by Crippen LogP contribution is -2.54. The Morgan fingerprint density at radius 2 is 1.62 bits per heavy atom. The molecule has 1 amide bonds. The molecule has 1 aliphatic heterocycles. The molecule has 2 saturated carbocycles. The maximum Gasteiger partial charge on any atom is 0.307 e. The van der Waals surface area contributed by atoms with Crippen molar-refractivity contribution in [3.8, 4) is 0 Å². The molecule has 4 nitrogen and oxygen atoms in total. The fraction of sp³-hybridized carbons (Fsp3) is 0.680. The molecule has 4 heteroatoms. The number of nitrogens with zero attached hydrogens (tertiary/aromatic N) is 1. The number of carboxylic acid groups (broad SMARTS) is 1. The number of aliphatic carboxylic acids is 1. The molecular formula is C25H35NO3. The lowest BCUT2D eigenvalue weighted by molar-refractivity contribution is -0.156. The van der Waals surface area contributed by atoms with Crippen LogP contribution < -0.4 is 0 Å². The lowest BCUT2D eigenvalue weighted by Gasteiger charge is -2.46. The van der Waals surface area contributed by atoms with Gasteiger partial charge in [-0.05, 0) is 49.1 Å². The number of benzene rings is 1. The summed E-state index contributed by atoms with van der Waals surface area (Å²) < 4.78 is 0. The second kappa shape index (κ2) is 8.49. The van der Waals surface area contributed by atoms with Crippen molar-refractivity contribution < 1.29 is 14.7 Å². The number of carbonyl (C=O) groups is 2. The predicted octanol–water partition coefficient (Wildman–Crippen LogP) is 5.51. The molecule has 2 fully saturated rings. The Hall–Kier alpha value is -1.84. The Morgan fingerprint density at radius 3 is 2.31 bits per heavy atom. The van der Waals surface area contributed by atoms with Gasteiger partial charge in [0.05, 0.1) is 11.8 Å². The van der Waals surface area contributed by atoms with E-state index in [9.17, 15) is 14.7 Å². The summed E-state index contributed by atoms with van der Waals surface area (Å²) in [7, 11) is 0. The minimum absolute atomic E-state index is 0.114. The van der Waals surface area contributed by atoms with E-state index in [1.54, 1.807) is 0 Å². The van der Waals surface area contributed by atoms with Gasteiger partial charge in [-0.2, -0.15) is 0 Å². The molecule has 1 heterocycles. The van der Waals surface area contributed by atoms with Crippen LogP contribution in [0.15, 0.2) is 24.3 Å². The number of carboxylic acids is 1. The first-order valence-corrected chi connectivity index (χ1v) is 11.6. The van der Waals surface area contributed by atoms with Crippen molar-refractivity contribution in [1.29, 1.82) is 0 Å². The number of hydrogen-bond acceptors (Lipinski definition) is 2. The molecule has 0 bridgehead atoms. The van der Waals surface area contributed by atoms with Gasteiger partial charge < -0.3 is 10.0 Å². The second-order valence-corrected chi connectivity index (χ2v) is 9.70. The molecular weight excluding hydrogens is 362 g/mol. The summed E-state index contributed by atoms with van der Waals surface area (Å²) in [6.45, 7) is 2.95. The zero-order chi connectivity index (χ0) is 20.4. The van der Waals surface area contributed by atoms with E-state index in [1.807, 2.05) is 0 Å². The zero-order valence-electron chi connectivity index (χ0n) is 17.7. The zero-order valence-corrected chi connectivity index (χ0v) is 17.7. The second-order valence-electron chi connectivity index (χ2n) is 9.70. The average Bonchev–Trinajstić information content (AvgIpc) is 3.03. The summed E-state index contributed by atoms with van der Waals surface area (Å²) in [4.78, 5) is 28.1. The minimum atomic E-state index is -0.790. The van der Waals surface area contributed by atoms with Crippen molar-refractivity contribution in [2.45, 2.75) is 95.6 Å². The van der Waals surface area contributed by atoms with Gasteiger partial charge in [0.2, 0.25) is 5.91 Å². The third kappa shape index (κ3) is 3.95. The van der Waals surface area contributed by atoms with Crippen LogP contribution in [0.3, 0.4) is 0 Å². The number of fused-ring (bicyclic) bond motifs is 1. The maximum atomic E-state index is 14.0. The van der Waals surface area contributed by atoms with Crippen molar-refractivity contribution in [3.63, 3.8) is 0 Å². The van der Waals surface area contributed by atoms with Crippen LogP contribution in [0, 0.1) is 11.8 Å². The molecule has 3 unspecified atom stereocenters. The number of hydrogen-bond donors (Lipinski definition) is 1. The van der Waals surface area contributed by atoms with Crippen molar-refractivity contribution in [1.82, 2.24) is 4.90 Å². The van der Waals surface area contributed by atoms with Crippen LogP contribution in [0.1, 0.15) is 94.6 Å². The molecule has 1 N–H and O–H groups in total. The van der Waals surface area contributed by atoms with E-state index in [0.29, 0.717) is 18.9 Å². The van der Waals surface area contributed by atoms with Gasteiger partial charge in [0.1, 0.15) is 0 Å². The summed E-state index contributed by atoms with van der Waals surface area (Å²) in [5, 5.41) is 9.79. The quantitative estimate of drug-likeness (QED) is 0.716. The van der Waals surface area contributed by atoms with Gasteiger partial charge in [-0.3, -0.25) is 9.59 Å². The molecule has 29 heavy (non-hydrogen) atoms. The molecule has 4 rings (SSSR count). The Kier molecular flexibility index (Phi) is 5.98. The highest BCUT2D eigenvalue weighted by Gasteiger charge is 2.47. The standard InChI is InChI=1S/C25H35NO3/c1-18-16-25(14-8-2-3-9-15-25)26(17-19-10-4-5-11-20(18)19)23(27)21-12-6-7-13-22(21)24(28)29/h4-5,10-11,18,21-22H,2-3,6-9,12-17H2,1H3,(H,28,29). The van der Waals surface area contributed by atoms with Crippen molar-refractivity contribution >= 4 is 11.9 Å². The Labute approximate surface area is 174 Å². The normalized spacial score (nSPS) is 29.6.